The maximum absolute atomic E-state index is 13.5. The van der Waals surface area contributed by atoms with Gasteiger partial charge in [0.1, 0.15) is 11.0 Å². The van der Waals surface area contributed by atoms with Crippen molar-refractivity contribution in [3.05, 3.63) is 63.6 Å². The lowest BCUT2D eigenvalue weighted by Crippen LogP contribution is -2.04. The van der Waals surface area contributed by atoms with Crippen LogP contribution in [0.5, 0.6) is 0 Å². The molecular formula is C12H6Cl2FNO. The molecule has 1 aromatic carbocycles. The van der Waals surface area contributed by atoms with E-state index in [0.717, 1.165) is 6.07 Å². The van der Waals surface area contributed by atoms with E-state index in [4.69, 9.17) is 23.2 Å². The van der Waals surface area contributed by atoms with Crippen molar-refractivity contribution in [3.8, 4) is 0 Å². The van der Waals surface area contributed by atoms with Crippen LogP contribution < -0.4 is 0 Å². The Labute approximate surface area is 107 Å². The fourth-order valence-electron chi connectivity index (χ4n) is 1.37. The number of aromatic nitrogens is 1. The van der Waals surface area contributed by atoms with E-state index in [1.165, 1.54) is 30.5 Å². The Balaban J connectivity index is 2.44. The van der Waals surface area contributed by atoms with Gasteiger partial charge in [0.05, 0.1) is 5.56 Å². The summed E-state index contributed by atoms with van der Waals surface area (Å²) >= 11 is 11.3. The van der Waals surface area contributed by atoms with Gasteiger partial charge in [0.2, 0.25) is 0 Å². The topological polar surface area (TPSA) is 30.0 Å². The smallest absolute Gasteiger partial charge is 0.196 e. The molecule has 0 saturated heterocycles. The van der Waals surface area contributed by atoms with Crippen molar-refractivity contribution in [1.82, 2.24) is 4.98 Å². The van der Waals surface area contributed by atoms with Crippen molar-refractivity contribution < 1.29 is 9.18 Å². The van der Waals surface area contributed by atoms with Gasteiger partial charge in [-0.25, -0.2) is 9.37 Å². The molecule has 86 valence electrons. The van der Waals surface area contributed by atoms with Gasteiger partial charge in [-0.1, -0.05) is 23.2 Å². The minimum atomic E-state index is -0.657. The molecule has 1 aromatic heterocycles. The Hall–Kier alpha value is -1.45. The maximum Gasteiger partial charge on any atom is 0.196 e. The van der Waals surface area contributed by atoms with Gasteiger partial charge < -0.3 is 0 Å². The molecule has 0 unspecified atom stereocenters. The molecule has 0 radical (unpaired) electrons. The van der Waals surface area contributed by atoms with Gasteiger partial charge >= 0.3 is 0 Å². The molecule has 0 aliphatic carbocycles. The Morgan fingerprint density at radius 3 is 2.59 bits per heavy atom. The molecule has 0 bridgehead atoms. The summed E-state index contributed by atoms with van der Waals surface area (Å²) in [6, 6.07) is 6.76. The van der Waals surface area contributed by atoms with Crippen LogP contribution in [-0.4, -0.2) is 10.8 Å². The third-order valence-corrected chi connectivity index (χ3v) is 2.61. The number of halogens is 3. The van der Waals surface area contributed by atoms with Gasteiger partial charge in [0, 0.05) is 16.8 Å². The summed E-state index contributed by atoms with van der Waals surface area (Å²) in [5.41, 5.74) is 0.239. The lowest BCUT2D eigenvalue weighted by atomic mass is 10.0. The van der Waals surface area contributed by atoms with Gasteiger partial charge in [0.15, 0.2) is 5.78 Å². The van der Waals surface area contributed by atoms with Crippen LogP contribution in [0.1, 0.15) is 15.9 Å². The van der Waals surface area contributed by atoms with E-state index in [0.29, 0.717) is 0 Å². The number of carbonyl (C=O) groups excluding carboxylic acids is 1. The van der Waals surface area contributed by atoms with Gasteiger partial charge in [-0.2, -0.15) is 0 Å². The Kier molecular flexibility index (Phi) is 3.41. The van der Waals surface area contributed by atoms with Gasteiger partial charge in [-0.05, 0) is 30.3 Å². The van der Waals surface area contributed by atoms with Crippen LogP contribution in [-0.2, 0) is 0 Å². The van der Waals surface area contributed by atoms with E-state index >= 15 is 0 Å². The van der Waals surface area contributed by atoms with Crippen molar-refractivity contribution in [3.63, 3.8) is 0 Å². The molecule has 5 heteroatoms. The fourth-order valence-corrected chi connectivity index (χ4v) is 1.71. The zero-order valence-corrected chi connectivity index (χ0v) is 9.97. The maximum atomic E-state index is 13.5. The van der Waals surface area contributed by atoms with Crippen molar-refractivity contribution >= 4 is 29.0 Å². The molecule has 0 fully saturated rings. The van der Waals surface area contributed by atoms with Crippen LogP contribution in [0.4, 0.5) is 4.39 Å². The predicted molar refractivity (Wildman–Crippen MR) is 64.1 cm³/mol. The number of hydrogen-bond donors (Lipinski definition) is 0. The van der Waals surface area contributed by atoms with Gasteiger partial charge in [0.25, 0.3) is 0 Å². The third-order valence-electron chi connectivity index (χ3n) is 2.16. The highest BCUT2D eigenvalue weighted by molar-refractivity contribution is 6.31. The minimum absolute atomic E-state index is 0.0448. The first-order chi connectivity index (χ1) is 8.08. The van der Waals surface area contributed by atoms with E-state index in [-0.39, 0.29) is 21.3 Å². The van der Waals surface area contributed by atoms with Gasteiger partial charge in [-0.15, -0.1) is 0 Å². The molecule has 2 rings (SSSR count). The molecule has 0 atom stereocenters. The normalized spacial score (nSPS) is 10.3. The number of benzene rings is 1. The summed E-state index contributed by atoms with van der Waals surface area (Å²) in [4.78, 5) is 15.7. The van der Waals surface area contributed by atoms with Crippen molar-refractivity contribution in [2.24, 2.45) is 0 Å². The average molecular weight is 270 g/mol. The van der Waals surface area contributed by atoms with Crippen LogP contribution in [0.15, 0.2) is 36.5 Å². The number of carbonyl (C=O) groups is 1. The highest BCUT2D eigenvalue weighted by Gasteiger charge is 2.14. The first-order valence-electron chi connectivity index (χ1n) is 4.69. The third kappa shape index (κ3) is 2.62. The SMILES string of the molecule is O=C(c1ccnc(Cl)c1)c1ccc(Cl)cc1F. The number of nitrogens with zero attached hydrogens (tertiary/aromatic N) is 1. The zero-order chi connectivity index (χ0) is 12.4. The average Bonchev–Trinajstić information content (AvgIpc) is 2.28. The number of hydrogen-bond acceptors (Lipinski definition) is 2. The minimum Gasteiger partial charge on any atom is -0.288 e. The summed E-state index contributed by atoms with van der Waals surface area (Å²) < 4.78 is 13.5. The highest BCUT2D eigenvalue weighted by Crippen LogP contribution is 2.18. The van der Waals surface area contributed by atoms with E-state index in [2.05, 4.69) is 4.98 Å². The molecule has 0 saturated carbocycles. The van der Waals surface area contributed by atoms with Crippen molar-refractivity contribution in [2.75, 3.05) is 0 Å². The predicted octanol–water partition coefficient (Wildman–Crippen LogP) is 3.76. The molecule has 17 heavy (non-hydrogen) atoms. The molecular weight excluding hydrogens is 264 g/mol. The molecule has 1 heterocycles. The molecule has 0 aliphatic rings. The molecule has 2 aromatic rings. The first kappa shape index (κ1) is 12.0. The van der Waals surface area contributed by atoms with Crippen LogP contribution >= 0.6 is 23.2 Å². The van der Waals surface area contributed by atoms with E-state index in [1.807, 2.05) is 0 Å². The van der Waals surface area contributed by atoms with Gasteiger partial charge in [-0.3, -0.25) is 4.79 Å². The summed E-state index contributed by atoms with van der Waals surface area (Å²) in [6.45, 7) is 0. The lowest BCUT2D eigenvalue weighted by molar-refractivity contribution is 0.103. The first-order valence-corrected chi connectivity index (χ1v) is 5.45. The van der Waals surface area contributed by atoms with E-state index in [1.54, 1.807) is 0 Å². The summed E-state index contributed by atoms with van der Waals surface area (Å²) in [7, 11) is 0. The van der Waals surface area contributed by atoms with Crippen LogP contribution in [0.25, 0.3) is 0 Å². The molecule has 0 amide bonds. The Morgan fingerprint density at radius 1 is 1.18 bits per heavy atom. The monoisotopic (exact) mass is 269 g/mol. The lowest BCUT2D eigenvalue weighted by Gasteiger charge is -2.03. The molecule has 0 N–H and O–H groups in total. The number of pyridine rings is 1. The van der Waals surface area contributed by atoms with Crippen LogP contribution in [0.2, 0.25) is 10.2 Å². The second-order valence-electron chi connectivity index (χ2n) is 3.32. The largest absolute Gasteiger partial charge is 0.288 e. The van der Waals surface area contributed by atoms with Crippen molar-refractivity contribution in [2.45, 2.75) is 0 Å². The second-order valence-corrected chi connectivity index (χ2v) is 4.14. The Bertz CT molecular complexity index is 586. The zero-order valence-electron chi connectivity index (χ0n) is 8.45. The van der Waals surface area contributed by atoms with E-state index < -0.39 is 11.6 Å². The summed E-state index contributed by atoms with van der Waals surface area (Å²) in [6.07, 6.45) is 1.39. The number of ketones is 1. The summed E-state index contributed by atoms with van der Waals surface area (Å²) in [5, 5.41) is 0.428. The Morgan fingerprint density at radius 2 is 1.94 bits per heavy atom. The summed E-state index contributed by atoms with van der Waals surface area (Å²) in [5.74, 6) is -1.11. The van der Waals surface area contributed by atoms with Crippen molar-refractivity contribution in [1.29, 1.82) is 0 Å². The highest BCUT2D eigenvalue weighted by atomic mass is 35.5. The second kappa shape index (κ2) is 4.82. The fraction of sp³-hybridized carbons (Fsp3) is 0. The number of rotatable bonds is 2. The molecule has 0 aliphatic heterocycles. The molecule has 0 spiro atoms. The van der Waals surface area contributed by atoms with Crippen LogP contribution in [0.3, 0.4) is 0 Å². The molecule has 2 nitrogen and oxygen atoms in total. The standard InChI is InChI=1S/C12H6Cl2FNO/c13-8-1-2-9(10(15)6-8)12(17)7-3-4-16-11(14)5-7/h1-6H. The van der Waals surface area contributed by atoms with E-state index in [9.17, 15) is 9.18 Å². The van der Waals surface area contributed by atoms with Crippen LogP contribution in [0, 0.1) is 5.82 Å². The quantitative estimate of drug-likeness (QED) is 0.614.